The molecule has 0 spiro atoms. The van der Waals surface area contributed by atoms with Crippen LogP contribution in [0.5, 0.6) is 0 Å². The van der Waals surface area contributed by atoms with Crippen LogP contribution in [0.25, 0.3) is 0 Å². The van der Waals surface area contributed by atoms with E-state index < -0.39 is 0 Å². The SMILES string of the molecule is CC(C)NCCCC(C)N(CC1CC1)CC1CC1. The summed E-state index contributed by atoms with van der Waals surface area (Å²) >= 11 is 0. The second-order valence-electron chi connectivity index (χ2n) is 6.94. The second kappa shape index (κ2) is 6.91. The summed E-state index contributed by atoms with van der Waals surface area (Å²) in [4.78, 5) is 2.80. The van der Waals surface area contributed by atoms with Crippen LogP contribution in [0.2, 0.25) is 0 Å². The van der Waals surface area contributed by atoms with Crippen molar-refractivity contribution >= 4 is 0 Å². The summed E-state index contributed by atoms with van der Waals surface area (Å²) in [6.07, 6.45) is 8.64. The molecular weight excluding hydrogens is 220 g/mol. The molecule has 0 aromatic heterocycles. The minimum Gasteiger partial charge on any atom is -0.315 e. The van der Waals surface area contributed by atoms with Gasteiger partial charge in [0, 0.05) is 25.2 Å². The molecule has 0 bridgehead atoms. The number of hydrogen-bond donors (Lipinski definition) is 1. The highest BCUT2D eigenvalue weighted by molar-refractivity contribution is 4.84. The molecule has 0 aromatic carbocycles. The molecule has 2 nitrogen and oxygen atoms in total. The van der Waals surface area contributed by atoms with Gasteiger partial charge in [0.2, 0.25) is 0 Å². The maximum atomic E-state index is 3.53. The maximum Gasteiger partial charge on any atom is 0.00676 e. The van der Waals surface area contributed by atoms with Gasteiger partial charge < -0.3 is 10.2 Å². The Morgan fingerprint density at radius 1 is 1.00 bits per heavy atom. The normalized spacial score (nSPS) is 21.8. The molecule has 1 atom stereocenters. The molecule has 0 aromatic rings. The van der Waals surface area contributed by atoms with Gasteiger partial charge in [0.05, 0.1) is 0 Å². The summed E-state index contributed by atoms with van der Waals surface area (Å²) in [5.74, 6) is 2.08. The van der Waals surface area contributed by atoms with E-state index in [0.717, 1.165) is 17.9 Å². The van der Waals surface area contributed by atoms with Crippen molar-refractivity contribution < 1.29 is 0 Å². The minimum absolute atomic E-state index is 0.634. The summed E-state index contributed by atoms with van der Waals surface area (Å²) in [5, 5.41) is 3.53. The van der Waals surface area contributed by atoms with Crippen LogP contribution < -0.4 is 5.32 Å². The van der Waals surface area contributed by atoms with E-state index in [9.17, 15) is 0 Å². The van der Waals surface area contributed by atoms with Gasteiger partial charge in [-0.2, -0.15) is 0 Å². The molecular formula is C16H32N2. The van der Waals surface area contributed by atoms with Crippen molar-refractivity contribution in [3.05, 3.63) is 0 Å². The molecule has 106 valence electrons. The third-order valence-corrected chi connectivity index (χ3v) is 4.35. The van der Waals surface area contributed by atoms with E-state index in [0.29, 0.717) is 6.04 Å². The van der Waals surface area contributed by atoms with Gasteiger partial charge in [-0.3, -0.25) is 0 Å². The lowest BCUT2D eigenvalue weighted by Gasteiger charge is -2.29. The Balaban J connectivity index is 1.63. The first kappa shape index (κ1) is 14.3. The Bertz CT molecular complexity index is 217. The Morgan fingerprint density at radius 3 is 2.00 bits per heavy atom. The fraction of sp³-hybridized carbons (Fsp3) is 1.00. The van der Waals surface area contributed by atoms with E-state index in [1.165, 1.54) is 58.2 Å². The third kappa shape index (κ3) is 5.71. The largest absolute Gasteiger partial charge is 0.315 e. The molecule has 1 N–H and O–H groups in total. The predicted molar refractivity (Wildman–Crippen MR) is 78.9 cm³/mol. The van der Waals surface area contributed by atoms with Gasteiger partial charge in [-0.15, -0.1) is 0 Å². The van der Waals surface area contributed by atoms with Crippen LogP contribution in [0.3, 0.4) is 0 Å². The highest BCUT2D eigenvalue weighted by atomic mass is 15.2. The van der Waals surface area contributed by atoms with E-state index in [4.69, 9.17) is 0 Å². The minimum atomic E-state index is 0.634. The molecule has 0 heterocycles. The zero-order valence-electron chi connectivity index (χ0n) is 12.6. The van der Waals surface area contributed by atoms with Crippen molar-refractivity contribution in [3.8, 4) is 0 Å². The average molecular weight is 252 g/mol. The average Bonchev–Trinajstić information content (AvgIpc) is 3.17. The van der Waals surface area contributed by atoms with Crippen LogP contribution >= 0.6 is 0 Å². The Hall–Kier alpha value is -0.0800. The van der Waals surface area contributed by atoms with Crippen molar-refractivity contribution in [2.45, 2.75) is 71.4 Å². The monoisotopic (exact) mass is 252 g/mol. The molecule has 0 saturated heterocycles. The van der Waals surface area contributed by atoms with Crippen LogP contribution in [0.4, 0.5) is 0 Å². The summed E-state index contributed by atoms with van der Waals surface area (Å²) in [6.45, 7) is 10.9. The highest BCUT2D eigenvalue weighted by Crippen LogP contribution is 2.34. The number of nitrogens with zero attached hydrogens (tertiary/aromatic N) is 1. The summed E-state index contributed by atoms with van der Waals surface area (Å²) in [5.41, 5.74) is 0. The van der Waals surface area contributed by atoms with Gasteiger partial charge in [-0.1, -0.05) is 13.8 Å². The van der Waals surface area contributed by atoms with Gasteiger partial charge in [-0.25, -0.2) is 0 Å². The van der Waals surface area contributed by atoms with Crippen molar-refractivity contribution in [3.63, 3.8) is 0 Å². The van der Waals surface area contributed by atoms with Gasteiger partial charge in [0.15, 0.2) is 0 Å². The zero-order valence-corrected chi connectivity index (χ0v) is 12.6. The van der Waals surface area contributed by atoms with E-state index in [1.54, 1.807) is 0 Å². The van der Waals surface area contributed by atoms with Crippen LogP contribution in [0.1, 0.15) is 59.3 Å². The van der Waals surface area contributed by atoms with Crippen LogP contribution in [-0.4, -0.2) is 36.6 Å². The molecule has 2 heteroatoms. The van der Waals surface area contributed by atoms with Crippen LogP contribution in [-0.2, 0) is 0 Å². The van der Waals surface area contributed by atoms with Crippen molar-refractivity contribution in [1.82, 2.24) is 10.2 Å². The molecule has 2 saturated carbocycles. The first-order valence-electron chi connectivity index (χ1n) is 8.12. The molecule has 1 unspecified atom stereocenters. The van der Waals surface area contributed by atoms with Crippen LogP contribution in [0, 0.1) is 11.8 Å². The smallest absolute Gasteiger partial charge is 0.00676 e. The van der Waals surface area contributed by atoms with Crippen molar-refractivity contribution in [2.24, 2.45) is 11.8 Å². The third-order valence-electron chi connectivity index (χ3n) is 4.35. The fourth-order valence-corrected chi connectivity index (χ4v) is 2.67. The first-order chi connectivity index (χ1) is 8.65. The lowest BCUT2D eigenvalue weighted by molar-refractivity contribution is 0.181. The van der Waals surface area contributed by atoms with Gasteiger partial charge in [0.1, 0.15) is 0 Å². The summed E-state index contributed by atoms with van der Waals surface area (Å²) < 4.78 is 0. The van der Waals surface area contributed by atoms with Gasteiger partial charge in [0.25, 0.3) is 0 Å². The van der Waals surface area contributed by atoms with Gasteiger partial charge in [-0.05, 0) is 63.8 Å². The Labute approximate surface area is 114 Å². The topological polar surface area (TPSA) is 15.3 Å². The number of hydrogen-bond acceptors (Lipinski definition) is 2. The highest BCUT2D eigenvalue weighted by Gasteiger charge is 2.30. The molecule has 0 aliphatic heterocycles. The Kier molecular flexibility index (Phi) is 5.50. The molecule has 0 amide bonds. The van der Waals surface area contributed by atoms with E-state index in [2.05, 4.69) is 31.0 Å². The zero-order chi connectivity index (χ0) is 13.0. The fourth-order valence-electron chi connectivity index (χ4n) is 2.67. The molecule has 2 aliphatic rings. The van der Waals surface area contributed by atoms with E-state index >= 15 is 0 Å². The van der Waals surface area contributed by atoms with Crippen molar-refractivity contribution in [2.75, 3.05) is 19.6 Å². The maximum absolute atomic E-state index is 3.53. The molecule has 2 rings (SSSR count). The van der Waals surface area contributed by atoms with E-state index in [1.807, 2.05) is 0 Å². The molecule has 0 radical (unpaired) electrons. The van der Waals surface area contributed by atoms with Crippen molar-refractivity contribution in [1.29, 1.82) is 0 Å². The van der Waals surface area contributed by atoms with E-state index in [-0.39, 0.29) is 0 Å². The quantitative estimate of drug-likeness (QED) is 0.600. The molecule has 2 fully saturated rings. The summed E-state index contributed by atoms with van der Waals surface area (Å²) in [7, 11) is 0. The standard InChI is InChI=1S/C16H32N2/c1-13(2)17-10-4-5-14(3)18(11-15-6-7-15)12-16-8-9-16/h13-17H,4-12H2,1-3H3. The molecule has 2 aliphatic carbocycles. The van der Waals surface area contributed by atoms with Crippen LogP contribution in [0.15, 0.2) is 0 Å². The number of nitrogens with one attached hydrogen (secondary N) is 1. The lowest BCUT2D eigenvalue weighted by Crippen LogP contribution is -2.37. The second-order valence-corrected chi connectivity index (χ2v) is 6.94. The lowest BCUT2D eigenvalue weighted by atomic mass is 10.1. The first-order valence-corrected chi connectivity index (χ1v) is 8.12. The Morgan fingerprint density at radius 2 is 1.56 bits per heavy atom. The van der Waals surface area contributed by atoms with Gasteiger partial charge >= 0.3 is 0 Å². The predicted octanol–water partition coefficient (Wildman–Crippen LogP) is 3.28. The molecule has 18 heavy (non-hydrogen) atoms. The summed E-state index contributed by atoms with van der Waals surface area (Å²) in [6, 6.07) is 1.43. The number of rotatable bonds is 10.